The molecule has 19 heavy (non-hydrogen) atoms. The summed E-state index contributed by atoms with van der Waals surface area (Å²) >= 11 is 0. The average molecular weight is 273 g/mol. The number of rotatable bonds is 6. The number of ether oxygens (including phenoxy) is 1. The monoisotopic (exact) mass is 273 g/mol. The second-order valence-electron chi connectivity index (χ2n) is 4.25. The standard InChI is InChI=1S/C14H16F3O2/c1-2-3-9-12(14(15,16)17)19-13(18)10-11-7-5-4-6-8-11/h5-8,12H,2-3,9-10H2,1H3. The number of benzene rings is 1. The van der Waals surface area contributed by atoms with E-state index in [-0.39, 0.29) is 12.8 Å². The molecule has 1 atom stereocenters. The van der Waals surface area contributed by atoms with Crippen LogP contribution in [0.15, 0.2) is 24.3 Å². The van der Waals surface area contributed by atoms with Crippen LogP contribution in [0.4, 0.5) is 13.2 Å². The Hall–Kier alpha value is -1.52. The molecule has 5 heteroatoms. The van der Waals surface area contributed by atoms with Gasteiger partial charge in [-0.3, -0.25) is 4.79 Å². The molecule has 105 valence electrons. The Kier molecular flexibility index (Phi) is 5.86. The Morgan fingerprint density at radius 3 is 2.53 bits per heavy atom. The first-order valence-electron chi connectivity index (χ1n) is 6.14. The Labute approximate surface area is 110 Å². The lowest BCUT2D eigenvalue weighted by Crippen LogP contribution is -2.34. The number of alkyl halides is 3. The van der Waals surface area contributed by atoms with Crippen LogP contribution < -0.4 is 0 Å². The molecule has 1 rings (SSSR count). The van der Waals surface area contributed by atoms with Crippen LogP contribution in [0.1, 0.15) is 31.7 Å². The van der Waals surface area contributed by atoms with Crippen molar-refractivity contribution < 1.29 is 22.7 Å². The van der Waals surface area contributed by atoms with E-state index in [9.17, 15) is 18.0 Å². The molecule has 1 aromatic carbocycles. The number of unbranched alkanes of at least 4 members (excludes halogenated alkanes) is 1. The van der Waals surface area contributed by atoms with Crippen molar-refractivity contribution in [2.24, 2.45) is 0 Å². The van der Waals surface area contributed by atoms with Crippen molar-refractivity contribution in [1.82, 2.24) is 0 Å². The summed E-state index contributed by atoms with van der Waals surface area (Å²) in [7, 11) is 0. The fourth-order valence-electron chi connectivity index (χ4n) is 1.59. The van der Waals surface area contributed by atoms with Gasteiger partial charge in [0.2, 0.25) is 0 Å². The minimum absolute atomic E-state index is 0.159. The average Bonchev–Trinajstić information content (AvgIpc) is 2.34. The largest absolute Gasteiger partial charge is 0.452 e. The van der Waals surface area contributed by atoms with E-state index in [1.54, 1.807) is 31.2 Å². The van der Waals surface area contributed by atoms with E-state index in [0.29, 0.717) is 18.4 Å². The molecule has 0 saturated heterocycles. The van der Waals surface area contributed by atoms with E-state index < -0.39 is 18.2 Å². The third kappa shape index (κ3) is 5.77. The van der Waals surface area contributed by atoms with Crippen LogP contribution in [0.2, 0.25) is 0 Å². The minimum atomic E-state index is -4.50. The highest BCUT2D eigenvalue weighted by molar-refractivity contribution is 5.72. The number of hydrogen-bond acceptors (Lipinski definition) is 2. The topological polar surface area (TPSA) is 26.3 Å². The van der Waals surface area contributed by atoms with Crippen LogP contribution in [-0.4, -0.2) is 18.2 Å². The zero-order valence-electron chi connectivity index (χ0n) is 10.7. The fraction of sp³-hybridized carbons (Fsp3) is 0.500. The molecule has 1 unspecified atom stereocenters. The van der Waals surface area contributed by atoms with Crippen molar-refractivity contribution in [3.63, 3.8) is 0 Å². The van der Waals surface area contributed by atoms with E-state index in [1.165, 1.54) is 0 Å². The normalized spacial score (nSPS) is 13.1. The van der Waals surface area contributed by atoms with Gasteiger partial charge in [0.25, 0.3) is 0 Å². The van der Waals surface area contributed by atoms with Crippen molar-refractivity contribution in [1.29, 1.82) is 0 Å². The summed E-state index contributed by atoms with van der Waals surface area (Å²) in [5.74, 6) is -0.857. The maximum absolute atomic E-state index is 12.7. The molecule has 0 aliphatic heterocycles. The lowest BCUT2D eigenvalue weighted by Gasteiger charge is -2.20. The number of esters is 1. The molecule has 1 aromatic rings. The lowest BCUT2D eigenvalue weighted by molar-refractivity contribution is -0.222. The van der Waals surface area contributed by atoms with Gasteiger partial charge in [-0.25, -0.2) is 0 Å². The van der Waals surface area contributed by atoms with E-state index in [1.807, 2.05) is 0 Å². The Bertz CT molecular complexity index is 387. The van der Waals surface area contributed by atoms with E-state index in [0.717, 1.165) is 0 Å². The first kappa shape index (κ1) is 15.5. The highest BCUT2D eigenvalue weighted by atomic mass is 19.4. The summed E-state index contributed by atoms with van der Waals surface area (Å²) in [4.78, 5) is 11.5. The van der Waals surface area contributed by atoms with Gasteiger partial charge in [-0.2, -0.15) is 13.2 Å². The van der Waals surface area contributed by atoms with E-state index in [2.05, 4.69) is 10.8 Å². The Balaban J connectivity index is 2.56. The molecule has 0 spiro atoms. The highest BCUT2D eigenvalue weighted by Gasteiger charge is 2.42. The lowest BCUT2D eigenvalue weighted by atomic mass is 10.1. The molecule has 0 aliphatic rings. The zero-order valence-corrected chi connectivity index (χ0v) is 10.7. The Morgan fingerprint density at radius 2 is 2.00 bits per heavy atom. The summed E-state index contributed by atoms with van der Waals surface area (Å²) in [6.07, 6.45) is -5.86. The second kappa shape index (κ2) is 7.16. The Morgan fingerprint density at radius 1 is 1.37 bits per heavy atom. The maximum Gasteiger partial charge on any atom is 0.425 e. The van der Waals surface area contributed by atoms with Gasteiger partial charge >= 0.3 is 12.1 Å². The summed E-state index contributed by atoms with van der Waals surface area (Å²) in [5, 5.41) is 0. The van der Waals surface area contributed by atoms with Crippen molar-refractivity contribution in [2.45, 2.75) is 44.9 Å². The van der Waals surface area contributed by atoms with Crippen molar-refractivity contribution >= 4 is 5.97 Å². The van der Waals surface area contributed by atoms with Gasteiger partial charge in [-0.15, -0.1) is 0 Å². The maximum atomic E-state index is 12.7. The van der Waals surface area contributed by atoms with Gasteiger partial charge in [-0.05, 0) is 24.5 Å². The third-order valence-electron chi connectivity index (χ3n) is 2.59. The van der Waals surface area contributed by atoms with E-state index >= 15 is 0 Å². The molecule has 0 aromatic heterocycles. The molecule has 0 N–H and O–H groups in total. The number of carbonyl (C=O) groups excluding carboxylic acids is 1. The highest BCUT2D eigenvalue weighted by Crippen LogP contribution is 2.27. The van der Waals surface area contributed by atoms with Crippen LogP contribution >= 0.6 is 0 Å². The first-order chi connectivity index (χ1) is 8.93. The third-order valence-corrected chi connectivity index (χ3v) is 2.59. The van der Waals surface area contributed by atoms with Crippen LogP contribution in [0.25, 0.3) is 0 Å². The molecular formula is C14H16F3O2. The molecule has 0 bridgehead atoms. The molecule has 0 aliphatic carbocycles. The smallest absolute Gasteiger partial charge is 0.425 e. The predicted octanol–water partition coefficient (Wildman–Crippen LogP) is 3.69. The first-order valence-corrected chi connectivity index (χ1v) is 6.14. The van der Waals surface area contributed by atoms with Gasteiger partial charge in [0, 0.05) is 0 Å². The molecule has 0 amide bonds. The molecule has 1 radical (unpaired) electrons. The quantitative estimate of drug-likeness (QED) is 0.739. The molecule has 0 heterocycles. The van der Waals surface area contributed by atoms with Crippen LogP contribution in [-0.2, 0) is 16.0 Å². The number of hydrogen-bond donors (Lipinski definition) is 0. The second-order valence-corrected chi connectivity index (χ2v) is 4.25. The van der Waals surface area contributed by atoms with Crippen molar-refractivity contribution in [3.05, 3.63) is 35.9 Å². The summed E-state index contributed by atoms with van der Waals surface area (Å²) in [6, 6.07) is 9.21. The van der Waals surface area contributed by atoms with Crippen molar-refractivity contribution in [2.75, 3.05) is 0 Å². The van der Waals surface area contributed by atoms with Gasteiger partial charge in [-0.1, -0.05) is 37.6 Å². The van der Waals surface area contributed by atoms with Gasteiger partial charge < -0.3 is 4.74 Å². The molecule has 0 saturated carbocycles. The zero-order chi connectivity index (χ0) is 14.3. The summed E-state index contributed by atoms with van der Waals surface area (Å²) < 4.78 is 42.5. The molecule has 2 nitrogen and oxygen atoms in total. The molecule has 0 fully saturated rings. The predicted molar refractivity (Wildman–Crippen MR) is 64.4 cm³/mol. The molecular weight excluding hydrogens is 257 g/mol. The minimum Gasteiger partial charge on any atom is -0.452 e. The van der Waals surface area contributed by atoms with Gasteiger partial charge in [0.05, 0.1) is 6.42 Å². The summed E-state index contributed by atoms with van der Waals surface area (Å²) in [6.45, 7) is 1.79. The van der Waals surface area contributed by atoms with Crippen LogP contribution in [0.5, 0.6) is 0 Å². The van der Waals surface area contributed by atoms with Crippen molar-refractivity contribution in [3.8, 4) is 0 Å². The fourth-order valence-corrected chi connectivity index (χ4v) is 1.59. The van der Waals surface area contributed by atoms with Crippen LogP contribution in [0, 0.1) is 6.07 Å². The van der Waals surface area contributed by atoms with Gasteiger partial charge in [0.1, 0.15) is 0 Å². The number of carbonyl (C=O) groups is 1. The van der Waals surface area contributed by atoms with Gasteiger partial charge in [0.15, 0.2) is 6.10 Å². The SMILES string of the molecule is CCCCC(OC(=O)Cc1cc[c]cc1)C(F)(F)F. The summed E-state index contributed by atoms with van der Waals surface area (Å²) in [5.41, 5.74) is 0.611. The van der Waals surface area contributed by atoms with Crippen LogP contribution in [0.3, 0.4) is 0 Å². The van der Waals surface area contributed by atoms with E-state index in [4.69, 9.17) is 0 Å². The number of halogens is 3.